The topological polar surface area (TPSA) is 20.2 Å². The first-order valence-electron chi connectivity index (χ1n) is 7.87. The Labute approximate surface area is 126 Å². The van der Waals surface area contributed by atoms with Crippen molar-refractivity contribution in [3.05, 3.63) is 77.4 Å². The predicted octanol–water partition coefficient (Wildman–Crippen LogP) is 4.28. The lowest BCUT2D eigenvalue weighted by Crippen LogP contribution is -2.15. The van der Waals surface area contributed by atoms with E-state index in [-0.39, 0.29) is 6.10 Å². The number of hydrogen-bond acceptors (Lipinski definition) is 1. The van der Waals surface area contributed by atoms with Crippen LogP contribution in [0.15, 0.2) is 66.2 Å². The van der Waals surface area contributed by atoms with E-state index in [0.717, 1.165) is 12.8 Å². The van der Waals surface area contributed by atoms with Crippen molar-refractivity contribution in [1.82, 2.24) is 0 Å². The number of fused-ring (bicyclic) bond motifs is 2. The van der Waals surface area contributed by atoms with Crippen LogP contribution >= 0.6 is 0 Å². The van der Waals surface area contributed by atoms with Gasteiger partial charge < -0.3 is 5.11 Å². The molecule has 0 aromatic heterocycles. The van der Waals surface area contributed by atoms with Gasteiger partial charge in [-0.15, -0.1) is 0 Å². The molecule has 0 heterocycles. The van der Waals surface area contributed by atoms with E-state index >= 15 is 0 Å². The molecule has 21 heavy (non-hydrogen) atoms. The largest absolute Gasteiger partial charge is 0.392 e. The lowest BCUT2D eigenvalue weighted by molar-refractivity contribution is 0.117. The standard InChI is InChI=1S/C20H20O/c21-18-13-16-11-12-17(18)20(16)19(14-7-3-1-4-8-14)15-9-5-2-6-10-15/h1-10,16-18,21H,11-13H2. The highest BCUT2D eigenvalue weighted by Gasteiger charge is 2.44. The first kappa shape index (κ1) is 12.8. The van der Waals surface area contributed by atoms with E-state index in [1.54, 1.807) is 0 Å². The maximum Gasteiger partial charge on any atom is 0.0611 e. The highest BCUT2D eigenvalue weighted by atomic mass is 16.3. The summed E-state index contributed by atoms with van der Waals surface area (Å²) in [6.45, 7) is 0. The first-order valence-corrected chi connectivity index (χ1v) is 7.87. The van der Waals surface area contributed by atoms with Crippen molar-refractivity contribution in [2.45, 2.75) is 25.4 Å². The van der Waals surface area contributed by atoms with Crippen LogP contribution in [-0.2, 0) is 0 Å². The second-order valence-electron chi connectivity index (χ2n) is 6.25. The zero-order chi connectivity index (χ0) is 14.2. The van der Waals surface area contributed by atoms with Crippen LogP contribution in [0.3, 0.4) is 0 Å². The zero-order valence-electron chi connectivity index (χ0n) is 12.1. The average Bonchev–Trinajstić information content (AvgIpc) is 3.06. The Morgan fingerprint density at radius 2 is 1.38 bits per heavy atom. The summed E-state index contributed by atoms with van der Waals surface area (Å²) in [6, 6.07) is 21.3. The summed E-state index contributed by atoms with van der Waals surface area (Å²) in [7, 11) is 0. The quantitative estimate of drug-likeness (QED) is 0.868. The highest BCUT2D eigenvalue weighted by Crippen LogP contribution is 2.52. The van der Waals surface area contributed by atoms with Gasteiger partial charge in [0, 0.05) is 5.92 Å². The lowest BCUT2D eigenvalue weighted by Gasteiger charge is -2.17. The molecule has 0 spiro atoms. The molecular weight excluding hydrogens is 256 g/mol. The molecule has 0 radical (unpaired) electrons. The SMILES string of the molecule is OC1CC2CCC1C2=C(c1ccccc1)c1ccccc1. The molecule has 2 bridgehead atoms. The Morgan fingerprint density at radius 3 is 1.81 bits per heavy atom. The molecule has 4 rings (SSSR count). The molecule has 0 aliphatic heterocycles. The molecular formula is C20H20O. The summed E-state index contributed by atoms with van der Waals surface area (Å²) in [5.41, 5.74) is 5.43. The van der Waals surface area contributed by atoms with E-state index in [4.69, 9.17) is 0 Å². The molecule has 3 atom stereocenters. The second kappa shape index (κ2) is 5.16. The van der Waals surface area contributed by atoms with Gasteiger partial charge in [-0.3, -0.25) is 0 Å². The number of aliphatic hydroxyl groups is 1. The summed E-state index contributed by atoms with van der Waals surface area (Å²) in [5.74, 6) is 0.936. The zero-order valence-corrected chi connectivity index (χ0v) is 12.1. The van der Waals surface area contributed by atoms with Gasteiger partial charge in [0.15, 0.2) is 0 Å². The number of benzene rings is 2. The molecule has 0 amide bonds. The molecule has 2 fully saturated rings. The third-order valence-electron chi connectivity index (χ3n) is 5.07. The summed E-state index contributed by atoms with van der Waals surface area (Å²) in [5, 5.41) is 10.3. The molecule has 2 aliphatic carbocycles. The van der Waals surface area contributed by atoms with E-state index in [0.29, 0.717) is 11.8 Å². The molecule has 1 N–H and O–H groups in total. The fourth-order valence-electron chi connectivity index (χ4n) is 4.19. The average molecular weight is 276 g/mol. The van der Waals surface area contributed by atoms with Crippen molar-refractivity contribution >= 4 is 5.57 Å². The van der Waals surface area contributed by atoms with Crippen LogP contribution in [0.5, 0.6) is 0 Å². The summed E-state index contributed by atoms with van der Waals surface area (Å²) in [6.07, 6.45) is 3.19. The molecule has 2 aromatic rings. The maximum atomic E-state index is 10.3. The molecule has 1 nitrogen and oxygen atoms in total. The van der Waals surface area contributed by atoms with Gasteiger partial charge in [0.05, 0.1) is 6.10 Å². The Bertz CT molecular complexity index is 615. The Hall–Kier alpha value is -1.86. The van der Waals surface area contributed by atoms with Crippen molar-refractivity contribution in [3.8, 4) is 0 Å². The van der Waals surface area contributed by atoms with Crippen LogP contribution in [0.1, 0.15) is 30.4 Å². The van der Waals surface area contributed by atoms with E-state index in [2.05, 4.69) is 60.7 Å². The third kappa shape index (κ3) is 2.13. The van der Waals surface area contributed by atoms with E-state index in [1.165, 1.54) is 28.7 Å². The van der Waals surface area contributed by atoms with Gasteiger partial charge in [0.1, 0.15) is 0 Å². The minimum atomic E-state index is -0.138. The maximum absolute atomic E-state index is 10.3. The molecule has 3 unspecified atom stereocenters. The smallest absolute Gasteiger partial charge is 0.0611 e. The first-order chi connectivity index (χ1) is 10.3. The number of rotatable bonds is 2. The molecule has 106 valence electrons. The van der Waals surface area contributed by atoms with Crippen LogP contribution in [0.2, 0.25) is 0 Å². The van der Waals surface area contributed by atoms with Crippen molar-refractivity contribution in [2.75, 3.05) is 0 Å². The van der Waals surface area contributed by atoms with E-state index in [9.17, 15) is 5.11 Å². The van der Waals surface area contributed by atoms with Gasteiger partial charge in [-0.25, -0.2) is 0 Å². The molecule has 2 aliphatic rings. The Balaban J connectivity index is 1.93. The predicted molar refractivity (Wildman–Crippen MR) is 85.7 cm³/mol. The van der Waals surface area contributed by atoms with Crippen LogP contribution in [0.25, 0.3) is 5.57 Å². The Kier molecular flexibility index (Phi) is 3.16. The molecule has 2 aromatic carbocycles. The summed E-state index contributed by atoms with van der Waals surface area (Å²) >= 11 is 0. The van der Waals surface area contributed by atoms with E-state index < -0.39 is 0 Å². The second-order valence-corrected chi connectivity index (χ2v) is 6.25. The number of hydrogen-bond donors (Lipinski definition) is 1. The van der Waals surface area contributed by atoms with Gasteiger partial charge in [-0.1, -0.05) is 66.2 Å². The van der Waals surface area contributed by atoms with Gasteiger partial charge in [0.25, 0.3) is 0 Å². The van der Waals surface area contributed by atoms with Crippen molar-refractivity contribution in [1.29, 1.82) is 0 Å². The van der Waals surface area contributed by atoms with Crippen LogP contribution in [0.4, 0.5) is 0 Å². The minimum absolute atomic E-state index is 0.138. The Morgan fingerprint density at radius 1 is 0.810 bits per heavy atom. The van der Waals surface area contributed by atoms with Crippen LogP contribution in [-0.4, -0.2) is 11.2 Å². The fourth-order valence-corrected chi connectivity index (χ4v) is 4.19. The van der Waals surface area contributed by atoms with Crippen LogP contribution in [0, 0.1) is 11.8 Å². The fraction of sp³-hybridized carbons (Fsp3) is 0.300. The third-order valence-corrected chi connectivity index (χ3v) is 5.07. The van der Waals surface area contributed by atoms with E-state index in [1.807, 2.05) is 0 Å². The van der Waals surface area contributed by atoms with Crippen LogP contribution < -0.4 is 0 Å². The number of aliphatic hydroxyl groups excluding tert-OH is 1. The van der Waals surface area contributed by atoms with Gasteiger partial charge in [-0.05, 0) is 41.9 Å². The molecule has 2 saturated carbocycles. The highest BCUT2D eigenvalue weighted by molar-refractivity contribution is 5.83. The summed E-state index contributed by atoms with van der Waals surface area (Å²) < 4.78 is 0. The van der Waals surface area contributed by atoms with Crippen molar-refractivity contribution in [3.63, 3.8) is 0 Å². The van der Waals surface area contributed by atoms with Crippen molar-refractivity contribution in [2.24, 2.45) is 11.8 Å². The summed E-state index contributed by atoms with van der Waals surface area (Å²) in [4.78, 5) is 0. The van der Waals surface area contributed by atoms with Gasteiger partial charge in [0.2, 0.25) is 0 Å². The monoisotopic (exact) mass is 276 g/mol. The van der Waals surface area contributed by atoms with Gasteiger partial charge in [-0.2, -0.15) is 0 Å². The normalized spacial score (nSPS) is 27.1. The van der Waals surface area contributed by atoms with Gasteiger partial charge >= 0.3 is 0 Å². The van der Waals surface area contributed by atoms with Crippen molar-refractivity contribution < 1.29 is 5.11 Å². The minimum Gasteiger partial charge on any atom is -0.392 e. The molecule has 0 saturated heterocycles. The molecule has 1 heteroatoms. The lowest BCUT2D eigenvalue weighted by atomic mass is 9.88.